The molecular formula is C14H14N2O. The monoisotopic (exact) mass is 226 g/mol. The van der Waals surface area contributed by atoms with E-state index in [1.807, 2.05) is 24.3 Å². The van der Waals surface area contributed by atoms with E-state index in [4.69, 9.17) is 0 Å². The van der Waals surface area contributed by atoms with Crippen LogP contribution in [0.2, 0.25) is 0 Å². The second-order valence-electron chi connectivity index (χ2n) is 3.82. The molecule has 0 saturated carbocycles. The van der Waals surface area contributed by atoms with Crippen molar-refractivity contribution in [2.24, 2.45) is 5.18 Å². The molecule has 0 saturated heterocycles. The molecule has 0 heterocycles. The third kappa shape index (κ3) is 2.91. The molecule has 0 fully saturated rings. The van der Waals surface area contributed by atoms with Crippen LogP contribution in [0.15, 0.2) is 53.7 Å². The number of hydrogen-bond acceptors (Lipinski definition) is 3. The van der Waals surface area contributed by atoms with Gasteiger partial charge in [-0.25, -0.2) is 0 Å². The summed E-state index contributed by atoms with van der Waals surface area (Å²) in [6.07, 6.45) is 1.02. The number of benzene rings is 2. The molecular weight excluding hydrogens is 212 g/mol. The third-order valence-electron chi connectivity index (χ3n) is 2.60. The van der Waals surface area contributed by atoms with Gasteiger partial charge in [0.15, 0.2) is 0 Å². The van der Waals surface area contributed by atoms with E-state index < -0.39 is 0 Å². The molecule has 1 N–H and O–H groups in total. The lowest BCUT2D eigenvalue weighted by Gasteiger charge is -2.07. The van der Waals surface area contributed by atoms with Crippen LogP contribution in [-0.4, -0.2) is 0 Å². The molecule has 0 aliphatic rings. The minimum Gasteiger partial charge on any atom is -0.356 e. The molecule has 0 aromatic heterocycles. The van der Waals surface area contributed by atoms with Crippen molar-refractivity contribution in [1.29, 1.82) is 0 Å². The molecule has 2 aromatic rings. The van der Waals surface area contributed by atoms with Crippen molar-refractivity contribution in [3.63, 3.8) is 0 Å². The Hall–Kier alpha value is -2.16. The van der Waals surface area contributed by atoms with E-state index in [2.05, 4.69) is 29.6 Å². The zero-order valence-corrected chi connectivity index (χ0v) is 9.68. The van der Waals surface area contributed by atoms with E-state index in [1.54, 1.807) is 12.1 Å². The molecule has 0 atom stereocenters. The number of hydrogen-bond donors (Lipinski definition) is 1. The van der Waals surface area contributed by atoms with E-state index in [0.29, 0.717) is 5.69 Å². The average molecular weight is 226 g/mol. The molecule has 3 heteroatoms. The Morgan fingerprint density at radius 1 is 1.06 bits per heavy atom. The fourth-order valence-corrected chi connectivity index (χ4v) is 1.64. The summed E-state index contributed by atoms with van der Waals surface area (Å²) in [5.74, 6) is 0. The lowest BCUT2D eigenvalue weighted by molar-refractivity contribution is 1.14. The predicted molar refractivity (Wildman–Crippen MR) is 71.0 cm³/mol. The molecule has 86 valence electrons. The molecule has 0 radical (unpaired) electrons. The highest BCUT2D eigenvalue weighted by atomic mass is 16.3. The standard InChI is InChI=1S/C14H14N2O/c1-2-11-4-3-5-14(10-11)15-12-6-8-13(16-17)9-7-12/h3-10,15H,2H2,1H3. The van der Waals surface area contributed by atoms with E-state index >= 15 is 0 Å². The van der Waals surface area contributed by atoms with Gasteiger partial charge < -0.3 is 5.32 Å². The lowest BCUT2D eigenvalue weighted by atomic mass is 10.1. The SMILES string of the molecule is CCc1cccc(Nc2ccc(N=O)cc2)c1. The maximum atomic E-state index is 10.3. The Kier molecular flexibility index (Phi) is 3.50. The molecule has 0 unspecified atom stereocenters. The van der Waals surface area contributed by atoms with Gasteiger partial charge in [0.1, 0.15) is 5.69 Å². The molecule has 2 aromatic carbocycles. The van der Waals surface area contributed by atoms with Crippen LogP contribution in [0.4, 0.5) is 17.1 Å². The van der Waals surface area contributed by atoms with E-state index in [9.17, 15) is 4.91 Å². The summed E-state index contributed by atoms with van der Waals surface area (Å²) in [7, 11) is 0. The van der Waals surface area contributed by atoms with Gasteiger partial charge in [0.25, 0.3) is 0 Å². The first kappa shape index (κ1) is 11.3. The van der Waals surface area contributed by atoms with Crippen molar-refractivity contribution in [3.8, 4) is 0 Å². The largest absolute Gasteiger partial charge is 0.356 e. The quantitative estimate of drug-likeness (QED) is 0.785. The fourth-order valence-electron chi connectivity index (χ4n) is 1.64. The van der Waals surface area contributed by atoms with Crippen LogP contribution in [0.1, 0.15) is 12.5 Å². The Bertz CT molecular complexity index is 506. The van der Waals surface area contributed by atoms with Gasteiger partial charge in [-0.05, 0) is 53.6 Å². The van der Waals surface area contributed by atoms with Crippen molar-refractivity contribution >= 4 is 17.1 Å². The number of rotatable bonds is 4. The summed E-state index contributed by atoms with van der Waals surface area (Å²) in [6.45, 7) is 2.13. The average Bonchev–Trinajstić information content (AvgIpc) is 2.40. The second kappa shape index (κ2) is 5.25. The maximum Gasteiger partial charge on any atom is 0.108 e. The van der Waals surface area contributed by atoms with Gasteiger partial charge in [0, 0.05) is 11.4 Å². The molecule has 0 spiro atoms. The highest BCUT2D eigenvalue weighted by Crippen LogP contribution is 2.20. The highest BCUT2D eigenvalue weighted by Gasteiger charge is 1.96. The Morgan fingerprint density at radius 2 is 1.82 bits per heavy atom. The van der Waals surface area contributed by atoms with Gasteiger partial charge in [-0.3, -0.25) is 0 Å². The van der Waals surface area contributed by atoms with Crippen molar-refractivity contribution in [2.45, 2.75) is 13.3 Å². The van der Waals surface area contributed by atoms with Gasteiger partial charge >= 0.3 is 0 Å². The molecule has 0 bridgehead atoms. The third-order valence-corrected chi connectivity index (χ3v) is 2.60. The van der Waals surface area contributed by atoms with Crippen molar-refractivity contribution in [2.75, 3.05) is 5.32 Å². The first-order valence-electron chi connectivity index (χ1n) is 5.61. The first-order valence-corrected chi connectivity index (χ1v) is 5.61. The molecule has 2 rings (SSSR count). The van der Waals surface area contributed by atoms with E-state index in [0.717, 1.165) is 17.8 Å². The Balaban J connectivity index is 2.15. The summed E-state index contributed by atoms with van der Waals surface area (Å²) in [4.78, 5) is 10.3. The fraction of sp³-hybridized carbons (Fsp3) is 0.143. The number of nitrogens with one attached hydrogen (secondary N) is 1. The van der Waals surface area contributed by atoms with Gasteiger partial charge in [-0.1, -0.05) is 19.1 Å². The summed E-state index contributed by atoms with van der Waals surface area (Å²) in [6, 6.07) is 15.3. The van der Waals surface area contributed by atoms with E-state index in [1.165, 1.54) is 5.56 Å². The van der Waals surface area contributed by atoms with Crippen molar-refractivity contribution < 1.29 is 0 Å². The van der Waals surface area contributed by atoms with Crippen LogP contribution in [0.3, 0.4) is 0 Å². The van der Waals surface area contributed by atoms with Crippen LogP contribution >= 0.6 is 0 Å². The Labute approximate surface area is 100 Å². The molecule has 0 aliphatic carbocycles. The second-order valence-corrected chi connectivity index (χ2v) is 3.82. The van der Waals surface area contributed by atoms with Gasteiger partial charge in [0.2, 0.25) is 0 Å². The van der Waals surface area contributed by atoms with Gasteiger partial charge in [-0.15, -0.1) is 4.91 Å². The van der Waals surface area contributed by atoms with Crippen LogP contribution < -0.4 is 5.32 Å². The Morgan fingerprint density at radius 3 is 2.47 bits per heavy atom. The van der Waals surface area contributed by atoms with Crippen molar-refractivity contribution in [3.05, 3.63) is 59.0 Å². The lowest BCUT2D eigenvalue weighted by Crippen LogP contribution is -1.90. The maximum absolute atomic E-state index is 10.3. The first-order chi connectivity index (χ1) is 8.31. The summed E-state index contributed by atoms with van der Waals surface area (Å²) in [5, 5.41) is 6.15. The van der Waals surface area contributed by atoms with Crippen LogP contribution in [0.25, 0.3) is 0 Å². The number of nitrogens with zero attached hydrogens (tertiary/aromatic N) is 1. The van der Waals surface area contributed by atoms with E-state index in [-0.39, 0.29) is 0 Å². The van der Waals surface area contributed by atoms with Crippen LogP contribution in [0, 0.1) is 4.91 Å². The number of nitroso groups, excluding NO2 is 1. The topological polar surface area (TPSA) is 41.5 Å². The zero-order valence-electron chi connectivity index (χ0n) is 9.68. The molecule has 17 heavy (non-hydrogen) atoms. The smallest absolute Gasteiger partial charge is 0.108 e. The predicted octanol–water partition coefficient (Wildman–Crippen LogP) is 4.39. The minimum atomic E-state index is 0.442. The van der Waals surface area contributed by atoms with Gasteiger partial charge in [-0.2, -0.15) is 0 Å². The molecule has 0 amide bonds. The van der Waals surface area contributed by atoms with Crippen LogP contribution in [-0.2, 0) is 6.42 Å². The molecule has 3 nitrogen and oxygen atoms in total. The minimum absolute atomic E-state index is 0.442. The summed E-state index contributed by atoms with van der Waals surface area (Å²) >= 11 is 0. The molecule has 0 aliphatic heterocycles. The van der Waals surface area contributed by atoms with Crippen LogP contribution in [0.5, 0.6) is 0 Å². The van der Waals surface area contributed by atoms with Gasteiger partial charge in [0.05, 0.1) is 0 Å². The number of aryl methyl sites for hydroxylation is 1. The summed E-state index contributed by atoms with van der Waals surface area (Å²) < 4.78 is 0. The van der Waals surface area contributed by atoms with Crippen molar-refractivity contribution in [1.82, 2.24) is 0 Å². The number of anilines is 2. The zero-order chi connectivity index (χ0) is 12.1. The summed E-state index contributed by atoms with van der Waals surface area (Å²) in [5.41, 5.74) is 3.74. The normalized spacial score (nSPS) is 9.94. The highest BCUT2D eigenvalue weighted by molar-refractivity contribution is 5.62.